The smallest absolute Gasteiger partial charge is 0.226 e. The van der Waals surface area contributed by atoms with E-state index in [0.717, 1.165) is 23.3 Å². The van der Waals surface area contributed by atoms with E-state index < -0.39 is 0 Å². The summed E-state index contributed by atoms with van der Waals surface area (Å²) in [6.07, 6.45) is 5.29. The molecule has 1 unspecified atom stereocenters. The lowest BCUT2D eigenvalue weighted by Crippen LogP contribution is -2.10. The van der Waals surface area contributed by atoms with E-state index in [1.807, 2.05) is 19.1 Å². The van der Waals surface area contributed by atoms with Crippen molar-refractivity contribution in [1.29, 1.82) is 0 Å². The lowest BCUT2D eigenvalue weighted by molar-refractivity contribution is 0.872. The Bertz CT molecular complexity index is 723. The summed E-state index contributed by atoms with van der Waals surface area (Å²) < 4.78 is 0. The average molecular weight is 283 g/mol. The van der Waals surface area contributed by atoms with Gasteiger partial charge in [-0.3, -0.25) is 10.1 Å². The molecule has 3 aromatic heterocycles. The largest absolute Gasteiger partial charge is 0.363 e. The Morgan fingerprint density at radius 1 is 1.24 bits per heavy atom. The maximum absolute atomic E-state index is 4.52. The summed E-state index contributed by atoms with van der Waals surface area (Å²) in [7, 11) is 0. The first-order valence-corrected chi connectivity index (χ1v) is 6.89. The minimum absolute atomic E-state index is 0.107. The van der Waals surface area contributed by atoms with Crippen molar-refractivity contribution in [2.75, 3.05) is 17.2 Å². The third-order valence-electron chi connectivity index (χ3n) is 3.20. The van der Waals surface area contributed by atoms with Crippen LogP contribution in [0.25, 0.3) is 11.0 Å². The zero-order valence-electron chi connectivity index (χ0n) is 12.0. The fourth-order valence-corrected chi connectivity index (χ4v) is 2.12. The number of hydrogen-bond donors (Lipinski definition) is 3. The molecule has 0 saturated carbocycles. The standard InChI is InChI=1S/C14H17N7/c1-3-16-14-19-12(11-8-17-21-13(11)20-14)18-9(2)10-4-6-15-7-5-10/h4-9H,3H2,1-2H3,(H3,16,17,18,19,20,21). The van der Waals surface area contributed by atoms with Gasteiger partial charge in [-0.2, -0.15) is 15.1 Å². The maximum Gasteiger partial charge on any atom is 0.226 e. The van der Waals surface area contributed by atoms with Gasteiger partial charge in [0.05, 0.1) is 17.6 Å². The summed E-state index contributed by atoms with van der Waals surface area (Å²) in [5, 5.41) is 14.3. The first-order chi connectivity index (χ1) is 10.3. The number of aromatic nitrogens is 5. The van der Waals surface area contributed by atoms with Gasteiger partial charge in [0.2, 0.25) is 5.95 Å². The molecule has 3 N–H and O–H groups in total. The highest BCUT2D eigenvalue weighted by molar-refractivity contribution is 5.87. The molecule has 1 atom stereocenters. The third kappa shape index (κ3) is 2.76. The number of fused-ring (bicyclic) bond motifs is 1. The summed E-state index contributed by atoms with van der Waals surface area (Å²) in [6.45, 7) is 4.85. The van der Waals surface area contributed by atoms with Crippen molar-refractivity contribution in [2.45, 2.75) is 19.9 Å². The highest BCUT2D eigenvalue weighted by Gasteiger charge is 2.12. The number of nitrogens with zero attached hydrogens (tertiary/aromatic N) is 4. The molecule has 0 fully saturated rings. The summed E-state index contributed by atoms with van der Waals surface area (Å²) in [5.74, 6) is 1.34. The van der Waals surface area contributed by atoms with E-state index in [0.29, 0.717) is 11.6 Å². The Morgan fingerprint density at radius 2 is 2.05 bits per heavy atom. The molecule has 0 spiro atoms. The Kier molecular flexibility index (Phi) is 3.63. The van der Waals surface area contributed by atoms with Crippen LogP contribution in [0.1, 0.15) is 25.5 Å². The van der Waals surface area contributed by atoms with Crippen molar-refractivity contribution in [1.82, 2.24) is 25.1 Å². The Labute approximate surface area is 122 Å². The molecule has 0 saturated heterocycles. The van der Waals surface area contributed by atoms with E-state index in [4.69, 9.17) is 0 Å². The summed E-state index contributed by atoms with van der Waals surface area (Å²) >= 11 is 0. The molecule has 3 aromatic rings. The minimum Gasteiger partial charge on any atom is -0.363 e. The molecule has 0 aromatic carbocycles. The summed E-state index contributed by atoms with van der Waals surface area (Å²) in [4.78, 5) is 12.9. The lowest BCUT2D eigenvalue weighted by atomic mass is 10.1. The number of rotatable bonds is 5. The van der Waals surface area contributed by atoms with Gasteiger partial charge in [0.15, 0.2) is 5.65 Å². The molecule has 7 heteroatoms. The molecule has 0 aliphatic heterocycles. The number of H-pyrrole nitrogens is 1. The van der Waals surface area contributed by atoms with Gasteiger partial charge in [0.25, 0.3) is 0 Å². The van der Waals surface area contributed by atoms with Gasteiger partial charge in [-0.15, -0.1) is 0 Å². The fourth-order valence-electron chi connectivity index (χ4n) is 2.12. The zero-order chi connectivity index (χ0) is 14.7. The average Bonchev–Trinajstić information content (AvgIpc) is 2.97. The van der Waals surface area contributed by atoms with Crippen molar-refractivity contribution in [3.63, 3.8) is 0 Å². The van der Waals surface area contributed by atoms with Crippen LogP contribution >= 0.6 is 0 Å². The number of pyridine rings is 1. The molecule has 0 aliphatic rings. The SMILES string of the molecule is CCNc1nc(NC(C)c2ccncc2)c2cn[nH]c2n1. The molecule has 0 bridgehead atoms. The van der Waals surface area contributed by atoms with Crippen LogP contribution in [0.4, 0.5) is 11.8 Å². The second kappa shape index (κ2) is 5.74. The van der Waals surface area contributed by atoms with Gasteiger partial charge in [-0.1, -0.05) is 0 Å². The van der Waals surface area contributed by atoms with Crippen LogP contribution in [-0.2, 0) is 0 Å². The number of hydrogen-bond acceptors (Lipinski definition) is 6. The van der Waals surface area contributed by atoms with Crippen LogP contribution < -0.4 is 10.6 Å². The van der Waals surface area contributed by atoms with E-state index in [9.17, 15) is 0 Å². The van der Waals surface area contributed by atoms with Gasteiger partial charge in [0.1, 0.15) is 5.82 Å². The first-order valence-electron chi connectivity index (χ1n) is 6.89. The Balaban J connectivity index is 1.93. The van der Waals surface area contributed by atoms with Crippen molar-refractivity contribution in [2.24, 2.45) is 0 Å². The molecular formula is C14H17N7. The number of aromatic amines is 1. The van der Waals surface area contributed by atoms with Crippen molar-refractivity contribution in [3.05, 3.63) is 36.3 Å². The Hall–Kier alpha value is -2.70. The lowest BCUT2D eigenvalue weighted by Gasteiger charge is -2.16. The van der Waals surface area contributed by atoms with E-state index in [-0.39, 0.29) is 6.04 Å². The predicted molar refractivity (Wildman–Crippen MR) is 82.1 cm³/mol. The molecular weight excluding hydrogens is 266 g/mol. The highest BCUT2D eigenvalue weighted by atomic mass is 15.2. The molecule has 0 amide bonds. The van der Waals surface area contributed by atoms with Crippen molar-refractivity contribution >= 4 is 22.8 Å². The fraction of sp³-hybridized carbons (Fsp3) is 0.286. The summed E-state index contributed by atoms with van der Waals surface area (Å²) in [6, 6.07) is 4.07. The van der Waals surface area contributed by atoms with Gasteiger partial charge in [-0.25, -0.2) is 0 Å². The minimum atomic E-state index is 0.107. The van der Waals surface area contributed by atoms with Crippen LogP contribution in [-0.4, -0.2) is 31.7 Å². The molecule has 108 valence electrons. The first kappa shape index (κ1) is 13.3. The van der Waals surface area contributed by atoms with Crippen molar-refractivity contribution < 1.29 is 0 Å². The molecule has 0 aliphatic carbocycles. The third-order valence-corrected chi connectivity index (χ3v) is 3.20. The normalized spacial score (nSPS) is 12.3. The van der Waals surface area contributed by atoms with Crippen LogP contribution in [0.2, 0.25) is 0 Å². The maximum atomic E-state index is 4.52. The number of nitrogens with one attached hydrogen (secondary N) is 3. The van der Waals surface area contributed by atoms with Crippen LogP contribution in [0.15, 0.2) is 30.7 Å². The van der Waals surface area contributed by atoms with Gasteiger partial charge in [0, 0.05) is 18.9 Å². The van der Waals surface area contributed by atoms with Gasteiger partial charge in [-0.05, 0) is 31.5 Å². The molecule has 3 rings (SSSR count). The quantitative estimate of drug-likeness (QED) is 0.666. The van der Waals surface area contributed by atoms with E-state index >= 15 is 0 Å². The predicted octanol–water partition coefficient (Wildman–Crippen LogP) is 2.35. The van der Waals surface area contributed by atoms with Gasteiger partial charge >= 0.3 is 0 Å². The van der Waals surface area contributed by atoms with Crippen LogP contribution in [0, 0.1) is 0 Å². The second-order valence-corrected chi connectivity index (χ2v) is 4.71. The van der Waals surface area contributed by atoms with Crippen LogP contribution in [0.3, 0.4) is 0 Å². The Morgan fingerprint density at radius 3 is 2.81 bits per heavy atom. The topological polar surface area (TPSA) is 91.4 Å². The highest BCUT2D eigenvalue weighted by Crippen LogP contribution is 2.24. The molecule has 21 heavy (non-hydrogen) atoms. The van der Waals surface area contributed by atoms with Crippen molar-refractivity contribution in [3.8, 4) is 0 Å². The zero-order valence-corrected chi connectivity index (χ0v) is 12.0. The molecule has 7 nitrogen and oxygen atoms in total. The van der Waals surface area contributed by atoms with E-state index in [1.54, 1.807) is 18.6 Å². The monoisotopic (exact) mass is 283 g/mol. The second-order valence-electron chi connectivity index (χ2n) is 4.71. The van der Waals surface area contributed by atoms with Crippen LogP contribution in [0.5, 0.6) is 0 Å². The number of anilines is 2. The van der Waals surface area contributed by atoms with Gasteiger partial charge < -0.3 is 10.6 Å². The van der Waals surface area contributed by atoms with E-state index in [1.165, 1.54) is 0 Å². The molecule has 0 radical (unpaired) electrons. The summed E-state index contributed by atoms with van der Waals surface area (Å²) in [5.41, 5.74) is 1.86. The molecule has 3 heterocycles. The van der Waals surface area contributed by atoms with E-state index in [2.05, 4.69) is 42.7 Å².